The van der Waals surface area contributed by atoms with E-state index < -0.39 is 9.84 Å². The quantitative estimate of drug-likeness (QED) is 0.890. The molecule has 1 aliphatic heterocycles. The SMILES string of the molecule is O=S1(=O)CCC(NCc2nn3c(C4CCC4)nnc3s2)C1. The van der Waals surface area contributed by atoms with Crippen molar-refractivity contribution >= 4 is 26.1 Å². The molecule has 0 amide bonds. The Balaban J connectivity index is 1.46. The molecule has 1 saturated heterocycles. The fourth-order valence-electron chi connectivity index (χ4n) is 2.85. The van der Waals surface area contributed by atoms with Gasteiger partial charge in [0, 0.05) is 18.5 Å². The minimum Gasteiger partial charge on any atom is -0.307 e. The van der Waals surface area contributed by atoms with Crippen molar-refractivity contribution < 1.29 is 8.42 Å². The van der Waals surface area contributed by atoms with Gasteiger partial charge in [0.15, 0.2) is 15.7 Å². The molecule has 0 radical (unpaired) electrons. The van der Waals surface area contributed by atoms with Crippen molar-refractivity contribution in [2.45, 2.75) is 44.2 Å². The lowest BCUT2D eigenvalue weighted by molar-refractivity contribution is 0.394. The van der Waals surface area contributed by atoms with E-state index in [1.807, 2.05) is 4.52 Å². The topological polar surface area (TPSA) is 89.2 Å². The van der Waals surface area contributed by atoms with Gasteiger partial charge in [-0.05, 0) is 19.3 Å². The molecule has 1 saturated carbocycles. The second-order valence-corrected chi connectivity index (χ2v) is 9.13. The molecule has 9 heteroatoms. The van der Waals surface area contributed by atoms with Gasteiger partial charge < -0.3 is 5.32 Å². The van der Waals surface area contributed by atoms with Crippen LogP contribution in [0.4, 0.5) is 0 Å². The fraction of sp³-hybridized carbons (Fsp3) is 0.750. The highest BCUT2D eigenvalue weighted by molar-refractivity contribution is 7.91. The summed E-state index contributed by atoms with van der Waals surface area (Å²) in [4.78, 5) is 0.827. The summed E-state index contributed by atoms with van der Waals surface area (Å²) in [6, 6.07) is 0.0513. The summed E-state index contributed by atoms with van der Waals surface area (Å²) in [6.07, 6.45) is 4.30. The molecule has 1 N–H and O–H groups in total. The molecule has 1 unspecified atom stereocenters. The molecule has 2 aromatic rings. The van der Waals surface area contributed by atoms with Crippen LogP contribution in [0.5, 0.6) is 0 Å². The highest BCUT2D eigenvalue weighted by Crippen LogP contribution is 2.35. The van der Waals surface area contributed by atoms with Gasteiger partial charge in [-0.25, -0.2) is 8.42 Å². The van der Waals surface area contributed by atoms with Crippen molar-refractivity contribution in [2.24, 2.45) is 0 Å². The number of hydrogen-bond acceptors (Lipinski definition) is 7. The molecule has 3 heterocycles. The Morgan fingerprint density at radius 3 is 2.81 bits per heavy atom. The number of fused-ring (bicyclic) bond motifs is 1. The first kappa shape index (κ1) is 13.6. The van der Waals surface area contributed by atoms with Gasteiger partial charge in [-0.1, -0.05) is 17.8 Å². The number of rotatable bonds is 4. The Bertz CT molecular complexity index is 762. The smallest absolute Gasteiger partial charge is 0.234 e. The second kappa shape index (κ2) is 4.99. The average Bonchev–Trinajstić information content (AvgIpc) is 3.01. The lowest BCUT2D eigenvalue weighted by atomic mass is 9.85. The van der Waals surface area contributed by atoms with Crippen LogP contribution in [0.1, 0.15) is 42.4 Å². The Morgan fingerprint density at radius 2 is 2.14 bits per heavy atom. The van der Waals surface area contributed by atoms with E-state index in [2.05, 4.69) is 20.6 Å². The minimum atomic E-state index is -2.83. The minimum absolute atomic E-state index is 0.0513. The van der Waals surface area contributed by atoms with E-state index in [9.17, 15) is 8.42 Å². The van der Waals surface area contributed by atoms with Crippen LogP contribution in [-0.2, 0) is 16.4 Å². The monoisotopic (exact) mass is 327 g/mol. The normalized spacial score (nSPS) is 25.4. The number of nitrogens with zero attached hydrogens (tertiary/aromatic N) is 4. The lowest BCUT2D eigenvalue weighted by Crippen LogP contribution is -2.29. The van der Waals surface area contributed by atoms with Crippen molar-refractivity contribution in [3.05, 3.63) is 10.8 Å². The highest BCUT2D eigenvalue weighted by atomic mass is 32.2. The average molecular weight is 327 g/mol. The predicted molar refractivity (Wildman–Crippen MR) is 79.1 cm³/mol. The second-order valence-electron chi connectivity index (χ2n) is 5.86. The molecule has 0 bridgehead atoms. The van der Waals surface area contributed by atoms with Gasteiger partial charge in [0.1, 0.15) is 5.01 Å². The first-order valence-electron chi connectivity index (χ1n) is 7.25. The van der Waals surface area contributed by atoms with Gasteiger partial charge in [-0.15, -0.1) is 10.2 Å². The van der Waals surface area contributed by atoms with Gasteiger partial charge in [-0.3, -0.25) is 0 Å². The van der Waals surface area contributed by atoms with Gasteiger partial charge in [0.25, 0.3) is 0 Å². The van der Waals surface area contributed by atoms with Crippen LogP contribution in [0.2, 0.25) is 0 Å². The summed E-state index contributed by atoms with van der Waals surface area (Å²) < 4.78 is 24.7. The molecule has 7 nitrogen and oxygen atoms in total. The molecule has 21 heavy (non-hydrogen) atoms. The van der Waals surface area contributed by atoms with Crippen LogP contribution in [0.25, 0.3) is 4.96 Å². The molecule has 2 aromatic heterocycles. The summed E-state index contributed by atoms with van der Waals surface area (Å²) >= 11 is 1.52. The van der Waals surface area contributed by atoms with Gasteiger partial charge in [0.05, 0.1) is 11.5 Å². The van der Waals surface area contributed by atoms with E-state index in [-0.39, 0.29) is 11.8 Å². The molecule has 0 spiro atoms. The lowest BCUT2D eigenvalue weighted by Gasteiger charge is -2.22. The zero-order valence-corrected chi connectivity index (χ0v) is 13.2. The van der Waals surface area contributed by atoms with Crippen molar-refractivity contribution in [3.8, 4) is 0 Å². The van der Waals surface area contributed by atoms with Crippen molar-refractivity contribution in [1.29, 1.82) is 0 Å². The number of sulfone groups is 1. The molecule has 4 rings (SSSR count). The zero-order valence-electron chi connectivity index (χ0n) is 11.5. The Morgan fingerprint density at radius 1 is 1.29 bits per heavy atom. The number of hydrogen-bond donors (Lipinski definition) is 1. The maximum atomic E-state index is 11.4. The summed E-state index contributed by atoms with van der Waals surface area (Å²) in [6.45, 7) is 0.596. The summed E-state index contributed by atoms with van der Waals surface area (Å²) in [7, 11) is -2.83. The molecular formula is C12H17N5O2S2. The van der Waals surface area contributed by atoms with E-state index in [4.69, 9.17) is 0 Å². The maximum absolute atomic E-state index is 11.4. The van der Waals surface area contributed by atoms with E-state index in [0.29, 0.717) is 24.6 Å². The van der Waals surface area contributed by atoms with Crippen LogP contribution >= 0.6 is 11.3 Å². The van der Waals surface area contributed by atoms with E-state index >= 15 is 0 Å². The van der Waals surface area contributed by atoms with Crippen molar-refractivity contribution in [3.63, 3.8) is 0 Å². The molecule has 2 fully saturated rings. The standard InChI is InChI=1S/C12H17N5O2S2/c18-21(19)5-4-9(7-21)13-6-10-16-17-11(8-2-1-3-8)14-15-12(17)20-10/h8-9,13H,1-7H2. The third-order valence-corrected chi connectivity index (χ3v) is 6.97. The van der Waals surface area contributed by atoms with Crippen LogP contribution in [0.15, 0.2) is 0 Å². The van der Waals surface area contributed by atoms with Crippen LogP contribution in [-0.4, -0.2) is 45.8 Å². The Hall–Kier alpha value is -1.06. The fourth-order valence-corrected chi connectivity index (χ4v) is 5.35. The van der Waals surface area contributed by atoms with E-state index in [1.54, 1.807) is 0 Å². The number of aromatic nitrogens is 4. The Labute approximate surface area is 126 Å². The first-order valence-corrected chi connectivity index (χ1v) is 9.89. The summed E-state index contributed by atoms with van der Waals surface area (Å²) in [5.41, 5.74) is 0. The van der Waals surface area contributed by atoms with Crippen molar-refractivity contribution in [2.75, 3.05) is 11.5 Å². The van der Waals surface area contributed by atoms with Gasteiger partial charge >= 0.3 is 0 Å². The molecule has 114 valence electrons. The van der Waals surface area contributed by atoms with Gasteiger partial charge in [-0.2, -0.15) is 9.61 Å². The van der Waals surface area contributed by atoms with Crippen LogP contribution < -0.4 is 5.32 Å². The van der Waals surface area contributed by atoms with Crippen molar-refractivity contribution in [1.82, 2.24) is 25.1 Å². The zero-order chi connectivity index (χ0) is 14.4. The highest BCUT2D eigenvalue weighted by Gasteiger charge is 2.28. The predicted octanol–water partition coefficient (Wildman–Crippen LogP) is 0.730. The third kappa shape index (κ3) is 2.58. The maximum Gasteiger partial charge on any atom is 0.234 e. The molecular weight excluding hydrogens is 310 g/mol. The first-order chi connectivity index (χ1) is 10.1. The van der Waals surface area contributed by atoms with E-state index in [1.165, 1.54) is 30.6 Å². The van der Waals surface area contributed by atoms with Crippen LogP contribution in [0, 0.1) is 0 Å². The summed E-state index contributed by atoms with van der Waals surface area (Å²) in [5.74, 6) is 2.01. The van der Waals surface area contributed by atoms with E-state index in [0.717, 1.165) is 15.8 Å². The molecule has 1 atom stereocenters. The summed E-state index contributed by atoms with van der Waals surface area (Å²) in [5, 5.41) is 17.2. The number of nitrogens with one attached hydrogen (secondary N) is 1. The third-order valence-electron chi connectivity index (χ3n) is 4.30. The largest absolute Gasteiger partial charge is 0.307 e. The molecule has 2 aliphatic rings. The van der Waals surface area contributed by atoms with Crippen LogP contribution in [0.3, 0.4) is 0 Å². The van der Waals surface area contributed by atoms with Gasteiger partial charge in [0.2, 0.25) is 4.96 Å². The molecule has 1 aliphatic carbocycles. The Kier molecular flexibility index (Phi) is 3.23. The molecule has 0 aromatic carbocycles.